The molecule has 0 saturated carbocycles. The van der Waals surface area contributed by atoms with Crippen LogP contribution in [0.5, 0.6) is 0 Å². The summed E-state index contributed by atoms with van der Waals surface area (Å²) < 4.78 is 2.66. The Labute approximate surface area is 89.5 Å². The first kappa shape index (κ1) is 9.66. The molecule has 1 aliphatic rings. The van der Waals surface area contributed by atoms with Crippen molar-refractivity contribution in [1.29, 1.82) is 0 Å². The van der Waals surface area contributed by atoms with E-state index in [1.54, 1.807) is 0.889 Å². The van der Waals surface area contributed by atoms with Crippen molar-refractivity contribution < 1.29 is 44.2 Å². The maximum absolute atomic E-state index is 2.40. The molecule has 1 heteroatoms. The van der Waals surface area contributed by atoms with Gasteiger partial charge in [0.15, 0.2) is 0 Å². The van der Waals surface area contributed by atoms with E-state index in [9.17, 15) is 0 Å². The van der Waals surface area contributed by atoms with Gasteiger partial charge in [0.2, 0.25) is 0 Å². The van der Waals surface area contributed by atoms with E-state index < -0.39 is 0 Å². The Morgan fingerprint density at radius 3 is 2.20 bits per heavy atom. The van der Waals surface area contributed by atoms with Gasteiger partial charge in [-0.25, -0.2) is 0 Å². The Balaban J connectivity index is 2.39. The predicted molar refractivity (Wildman–Crippen MR) is 41.9 cm³/mol. The van der Waals surface area contributed by atoms with Crippen molar-refractivity contribution in [3.63, 3.8) is 0 Å². The van der Waals surface area contributed by atoms with Crippen LogP contribution in [0.3, 0.4) is 0 Å². The molecule has 0 amide bonds. The van der Waals surface area contributed by atoms with Crippen LogP contribution in [0.1, 0.15) is 40.0 Å². The van der Waals surface area contributed by atoms with E-state index >= 15 is 0 Å². The third-order valence-corrected chi connectivity index (χ3v) is 6.64. The van der Waals surface area contributed by atoms with E-state index in [4.69, 9.17) is 0 Å². The Kier molecular flexibility index (Phi) is 3.86. The Hall–Kier alpha value is 1.57. The van der Waals surface area contributed by atoms with Gasteiger partial charge in [-0.15, -0.1) is 0 Å². The van der Waals surface area contributed by atoms with E-state index in [1.807, 2.05) is 0 Å². The Morgan fingerprint density at radius 2 is 1.90 bits per heavy atom. The summed E-state index contributed by atoms with van der Waals surface area (Å²) >= 11 is 0.726. The topological polar surface area (TPSA) is 0 Å². The third-order valence-electron chi connectivity index (χ3n) is 2.02. The van der Waals surface area contributed by atoms with E-state index in [1.165, 1.54) is 19.3 Å². The van der Waals surface area contributed by atoms with E-state index in [2.05, 4.69) is 20.8 Å². The number of hydrogen-bond acceptors (Lipinski definition) is 0. The van der Waals surface area contributed by atoms with Crippen LogP contribution >= 0.6 is 0 Å². The van der Waals surface area contributed by atoms with Gasteiger partial charge in [0.1, 0.15) is 0 Å². The van der Waals surface area contributed by atoms with E-state index in [0.29, 0.717) is 5.41 Å². The van der Waals surface area contributed by atoms with Crippen LogP contribution in [0, 0.1) is 49.6 Å². The molecular weight excluding hydrogens is 239 g/mol. The normalized spacial score (nSPS) is 29.3. The fraction of sp³-hybridized carbons (Fsp3) is 1.00. The summed E-state index contributed by atoms with van der Waals surface area (Å²) in [6.07, 6.45) is 4.53. The van der Waals surface area contributed by atoms with Crippen LogP contribution in [0.4, 0.5) is 0 Å². The van der Waals surface area contributed by atoms with Crippen LogP contribution in [0.2, 0.25) is 1.27 Å². The zero-order chi connectivity index (χ0) is 7.61. The summed E-state index contributed by atoms with van der Waals surface area (Å²) in [6, 6.07) is 0. The molecule has 1 rings (SSSR count). The van der Waals surface area contributed by atoms with Crippen LogP contribution in [-0.4, -0.2) is 0 Å². The van der Waals surface area contributed by atoms with Crippen LogP contribution in [0.15, 0.2) is 0 Å². The molecule has 1 unspecified atom stereocenters. The first-order valence-electron chi connectivity index (χ1n) is 4.15. The molecule has 0 aliphatic carbocycles. The van der Waals surface area contributed by atoms with Gasteiger partial charge in [0.25, 0.3) is 0 Å². The van der Waals surface area contributed by atoms with Crippen LogP contribution in [0.25, 0.3) is 0 Å². The van der Waals surface area contributed by atoms with Crippen molar-refractivity contribution in [1.82, 2.24) is 0 Å². The van der Waals surface area contributed by atoms with Gasteiger partial charge in [-0.1, -0.05) is 0 Å². The van der Waals surface area contributed by atoms with Crippen LogP contribution < -0.4 is 0 Å². The van der Waals surface area contributed by atoms with Gasteiger partial charge in [0.05, 0.1) is 0 Å². The standard InChI is InChI=1S/C9H18Xe/c1-9(2,3)8-6-4-5-7-10-8/h8H,4-7H2,1-3H3. The molecule has 62 valence electrons. The molecule has 1 atom stereocenters. The minimum absolute atomic E-state index is 0.610. The summed E-state index contributed by atoms with van der Waals surface area (Å²) in [5.41, 5.74) is 0.610. The summed E-state index contributed by atoms with van der Waals surface area (Å²) in [7, 11) is 0. The van der Waals surface area contributed by atoms with Crippen molar-refractivity contribution in [2.75, 3.05) is 0 Å². The second kappa shape index (κ2) is 3.99. The van der Waals surface area contributed by atoms with Gasteiger partial charge in [-0.3, -0.25) is 0 Å². The van der Waals surface area contributed by atoms with Gasteiger partial charge in [-0.05, 0) is 0 Å². The first-order valence-corrected chi connectivity index (χ1v) is 6.74. The molecule has 0 nitrogen and oxygen atoms in total. The molecule has 0 spiro atoms. The summed E-state index contributed by atoms with van der Waals surface area (Å²) in [6.45, 7) is 7.20. The van der Waals surface area contributed by atoms with Crippen molar-refractivity contribution in [2.24, 2.45) is 5.41 Å². The van der Waals surface area contributed by atoms with Gasteiger partial charge < -0.3 is 0 Å². The third kappa shape index (κ3) is 2.90. The van der Waals surface area contributed by atoms with Crippen molar-refractivity contribution >= 4 is 0 Å². The Morgan fingerprint density at radius 1 is 1.20 bits per heavy atom. The molecule has 0 aromatic rings. The molecular formula is C9H18Xe. The average Bonchev–Trinajstić information content (AvgIpc) is 1.88. The van der Waals surface area contributed by atoms with Crippen LogP contribution in [-0.2, 0) is 0 Å². The molecule has 1 aliphatic heterocycles. The average molecular weight is 258 g/mol. The fourth-order valence-corrected chi connectivity index (χ4v) is 5.00. The zero-order valence-corrected chi connectivity index (χ0v) is 9.28. The van der Waals surface area contributed by atoms with Gasteiger partial charge in [0, 0.05) is 0 Å². The van der Waals surface area contributed by atoms with Gasteiger partial charge in [-0.2, -0.15) is 0 Å². The van der Waals surface area contributed by atoms with Gasteiger partial charge >= 0.3 is 90.9 Å². The molecule has 1 saturated heterocycles. The molecule has 0 bridgehead atoms. The van der Waals surface area contributed by atoms with Crippen molar-refractivity contribution in [2.45, 2.75) is 41.3 Å². The Bertz CT molecular complexity index is 95.8. The molecule has 0 N–H and O–H groups in total. The second-order valence-electron chi connectivity index (χ2n) is 4.13. The minimum atomic E-state index is 0.610. The van der Waals surface area contributed by atoms with E-state index in [0.717, 1.165) is 44.6 Å². The first-order chi connectivity index (χ1) is 4.61. The summed E-state index contributed by atoms with van der Waals surface area (Å²) in [5.74, 6) is 0. The molecule has 0 radical (unpaired) electrons. The summed E-state index contributed by atoms with van der Waals surface area (Å²) in [5, 5.41) is 0. The zero-order valence-electron chi connectivity index (χ0n) is 7.26. The van der Waals surface area contributed by atoms with Crippen molar-refractivity contribution in [3.8, 4) is 0 Å². The quantitative estimate of drug-likeness (QED) is 0.623. The molecule has 0 aromatic heterocycles. The monoisotopic (exact) mass is 258 g/mol. The predicted octanol–water partition coefficient (Wildman–Crippen LogP) is 3.51. The molecule has 10 heavy (non-hydrogen) atoms. The number of hydrogen-bond donors (Lipinski definition) is 0. The number of rotatable bonds is 0. The summed E-state index contributed by atoms with van der Waals surface area (Å²) in [4.78, 5) is 0. The molecule has 0 aromatic carbocycles. The molecule has 1 fully saturated rings. The SMILES string of the molecule is CC(C)(C)C1CCCC[Xe]1. The second-order valence-corrected chi connectivity index (χ2v) is 7.37. The van der Waals surface area contributed by atoms with E-state index in [-0.39, 0.29) is 0 Å². The van der Waals surface area contributed by atoms with Crippen molar-refractivity contribution in [3.05, 3.63) is 0 Å². The molecule has 1 heterocycles. The fourth-order valence-electron chi connectivity index (χ4n) is 1.32. The maximum atomic E-state index is 2.40.